The maximum absolute atomic E-state index is 13.5. The lowest BCUT2D eigenvalue weighted by molar-refractivity contribution is -0.138. The molecule has 236 valence electrons. The smallest absolute Gasteiger partial charge is 0.295 e. The molecule has 1 aromatic heterocycles. The number of hydrogen-bond donors (Lipinski definition) is 5. The third kappa shape index (κ3) is 8.81. The van der Waals surface area contributed by atoms with Gasteiger partial charge >= 0.3 is 0 Å². The molecule has 1 aliphatic heterocycles. The molecule has 3 aromatic rings. The summed E-state index contributed by atoms with van der Waals surface area (Å²) < 4.78 is 36.6. The Morgan fingerprint density at radius 3 is 2.50 bits per heavy atom. The molecule has 5 N–H and O–H groups in total. The SMILES string of the molecule is COc1cccc2sc(NC(=O)C(=O)[C@H](C[C@@H]3CCNC3=O)NC(=O)[C@H](CC(C)C)NS(=O)(=O)NCc3ccccc3)nc12. The Morgan fingerprint density at radius 2 is 1.84 bits per heavy atom. The Labute approximate surface area is 259 Å². The van der Waals surface area contributed by atoms with E-state index in [1.54, 1.807) is 42.5 Å². The molecule has 1 saturated heterocycles. The van der Waals surface area contributed by atoms with Crippen molar-refractivity contribution in [3.8, 4) is 5.75 Å². The van der Waals surface area contributed by atoms with E-state index < -0.39 is 45.8 Å². The Morgan fingerprint density at radius 1 is 1.09 bits per heavy atom. The van der Waals surface area contributed by atoms with Gasteiger partial charge in [0.05, 0.1) is 17.9 Å². The van der Waals surface area contributed by atoms with Crippen LogP contribution in [0.2, 0.25) is 0 Å². The van der Waals surface area contributed by atoms with E-state index >= 15 is 0 Å². The van der Waals surface area contributed by atoms with Gasteiger partial charge in [-0.3, -0.25) is 24.5 Å². The van der Waals surface area contributed by atoms with Gasteiger partial charge in [-0.2, -0.15) is 17.9 Å². The number of ketones is 1. The summed E-state index contributed by atoms with van der Waals surface area (Å²) in [6.45, 7) is 4.04. The summed E-state index contributed by atoms with van der Waals surface area (Å²) in [7, 11) is -2.64. The van der Waals surface area contributed by atoms with E-state index in [1.165, 1.54) is 7.11 Å². The molecule has 1 aliphatic rings. The summed E-state index contributed by atoms with van der Waals surface area (Å²) in [6.07, 6.45) is 0.400. The summed E-state index contributed by atoms with van der Waals surface area (Å²) in [4.78, 5) is 56.8. The fourth-order valence-corrected chi connectivity index (χ4v) is 6.70. The molecule has 2 heterocycles. The summed E-state index contributed by atoms with van der Waals surface area (Å²) in [6, 6.07) is 11.5. The van der Waals surface area contributed by atoms with Crippen LogP contribution in [0, 0.1) is 11.8 Å². The standard InChI is InChI=1S/C29H36N6O7S2/c1-17(2)14-21(35-44(40,41)31-16-18-8-5-4-6-9-18)27(38)32-20(15-19-12-13-30-26(19)37)25(36)28(39)34-29-33-24-22(42-3)10-7-11-23(24)43-29/h4-11,17,19-21,31,35H,12-16H2,1-3H3,(H,30,37)(H,32,38)(H,33,34,39)/t19-,20-,21-/m0/s1. The van der Waals surface area contributed by atoms with Gasteiger partial charge in [-0.05, 0) is 42.9 Å². The fraction of sp³-hybridized carbons (Fsp3) is 0.414. The Bertz CT molecular complexity index is 1610. The van der Waals surface area contributed by atoms with Crippen molar-refractivity contribution in [2.24, 2.45) is 11.8 Å². The van der Waals surface area contributed by atoms with Crippen molar-refractivity contribution in [3.63, 3.8) is 0 Å². The van der Waals surface area contributed by atoms with Gasteiger partial charge < -0.3 is 15.4 Å². The zero-order chi connectivity index (χ0) is 31.9. The zero-order valence-electron chi connectivity index (χ0n) is 24.6. The van der Waals surface area contributed by atoms with E-state index in [0.29, 0.717) is 24.2 Å². The summed E-state index contributed by atoms with van der Waals surface area (Å²) >= 11 is 1.14. The van der Waals surface area contributed by atoms with Crippen LogP contribution in [0.15, 0.2) is 48.5 Å². The second kappa shape index (κ2) is 14.7. The number of fused-ring (bicyclic) bond motifs is 1. The predicted octanol–water partition coefficient (Wildman–Crippen LogP) is 1.86. The summed E-state index contributed by atoms with van der Waals surface area (Å²) in [5, 5.41) is 7.89. The summed E-state index contributed by atoms with van der Waals surface area (Å²) in [5.41, 5.74) is 1.24. The van der Waals surface area contributed by atoms with Crippen LogP contribution in [-0.4, -0.2) is 62.6 Å². The molecular formula is C29H36N6O7S2. The number of amides is 3. The largest absolute Gasteiger partial charge is 0.494 e. The molecule has 0 aliphatic carbocycles. The highest BCUT2D eigenvalue weighted by atomic mass is 32.2. The maximum atomic E-state index is 13.5. The third-order valence-electron chi connectivity index (χ3n) is 6.99. The first-order chi connectivity index (χ1) is 21.0. The van der Waals surface area contributed by atoms with Gasteiger partial charge in [0, 0.05) is 19.0 Å². The van der Waals surface area contributed by atoms with E-state index in [4.69, 9.17) is 4.74 Å². The van der Waals surface area contributed by atoms with Crippen LogP contribution in [0.1, 0.15) is 38.7 Å². The molecule has 0 spiro atoms. The van der Waals surface area contributed by atoms with E-state index in [0.717, 1.165) is 21.6 Å². The Kier molecular flexibility index (Phi) is 11.0. The monoisotopic (exact) mass is 644 g/mol. The van der Waals surface area contributed by atoms with Crippen molar-refractivity contribution < 1.29 is 32.3 Å². The molecule has 1 fully saturated rings. The Balaban J connectivity index is 1.50. The van der Waals surface area contributed by atoms with Gasteiger partial charge in [0.15, 0.2) is 5.13 Å². The quantitative estimate of drug-likeness (QED) is 0.155. The normalized spacial score (nSPS) is 16.4. The maximum Gasteiger partial charge on any atom is 0.295 e. The average molecular weight is 645 g/mol. The van der Waals surface area contributed by atoms with Crippen LogP contribution in [-0.2, 0) is 35.9 Å². The third-order valence-corrected chi connectivity index (χ3v) is 9.05. The molecule has 3 atom stereocenters. The van der Waals surface area contributed by atoms with Crippen molar-refractivity contribution in [2.45, 2.75) is 51.7 Å². The highest BCUT2D eigenvalue weighted by Gasteiger charge is 2.36. The van der Waals surface area contributed by atoms with Crippen molar-refractivity contribution in [1.82, 2.24) is 25.1 Å². The molecule has 0 unspecified atom stereocenters. The lowest BCUT2D eigenvalue weighted by atomic mass is 9.94. The molecule has 0 bridgehead atoms. The molecule has 0 saturated carbocycles. The predicted molar refractivity (Wildman–Crippen MR) is 166 cm³/mol. The topological polar surface area (TPSA) is 185 Å². The number of aromatic nitrogens is 1. The number of carbonyl (C=O) groups excluding carboxylic acids is 4. The second-order valence-electron chi connectivity index (χ2n) is 10.8. The van der Waals surface area contributed by atoms with Crippen LogP contribution >= 0.6 is 11.3 Å². The van der Waals surface area contributed by atoms with Gasteiger partial charge in [-0.1, -0.05) is 61.6 Å². The van der Waals surface area contributed by atoms with Crippen molar-refractivity contribution in [2.75, 3.05) is 19.0 Å². The molecule has 13 nitrogen and oxygen atoms in total. The number of benzene rings is 2. The van der Waals surface area contributed by atoms with E-state index in [-0.39, 0.29) is 36.3 Å². The lowest BCUT2D eigenvalue weighted by Crippen LogP contribution is -2.55. The number of methoxy groups -OCH3 is 1. The average Bonchev–Trinajstić information content (AvgIpc) is 3.59. The first kappa shape index (κ1) is 33.0. The zero-order valence-corrected chi connectivity index (χ0v) is 26.2. The van der Waals surface area contributed by atoms with Gasteiger partial charge in [0.2, 0.25) is 17.6 Å². The molecule has 2 aromatic carbocycles. The number of thiazole rings is 1. The van der Waals surface area contributed by atoms with Gasteiger partial charge in [0.1, 0.15) is 17.3 Å². The highest BCUT2D eigenvalue weighted by molar-refractivity contribution is 7.87. The minimum Gasteiger partial charge on any atom is -0.494 e. The molecule has 4 rings (SSSR count). The molecule has 3 amide bonds. The second-order valence-corrected chi connectivity index (χ2v) is 13.4. The molecule has 0 radical (unpaired) electrons. The number of hydrogen-bond acceptors (Lipinski definition) is 9. The van der Waals surface area contributed by atoms with Gasteiger partial charge in [-0.25, -0.2) is 4.98 Å². The summed E-state index contributed by atoms with van der Waals surface area (Å²) in [5.74, 6) is -3.32. The lowest BCUT2D eigenvalue weighted by Gasteiger charge is -2.24. The van der Waals surface area contributed by atoms with E-state index in [9.17, 15) is 27.6 Å². The highest BCUT2D eigenvalue weighted by Crippen LogP contribution is 2.32. The molecule has 44 heavy (non-hydrogen) atoms. The van der Waals surface area contributed by atoms with Crippen molar-refractivity contribution >= 4 is 60.4 Å². The van der Waals surface area contributed by atoms with Gasteiger partial charge in [-0.15, -0.1) is 0 Å². The first-order valence-electron chi connectivity index (χ1n) is 14.1. The minimum atomic E-state index is -4.14. The van der Waals surface area contributed by atoms with Crippen molar-refractivity contribution in [3.05, 3.63) is 54.1 Å². The first-order valence-corrected chi connectivity index (χ1v) is 16.4. The van der Waals surface area contributed by atoms with E-state index in [2.05, 4.69) is 30.4 Å². The van der Waals surface area contributed by atoms with Crippen LogP contribution in [0.5, 0.6) is 5.75 Å². The number of nitrogens with zero attached hydrogens (tertiary/aromatic N) is 1. The Hall–Kier alpha value is -3.92. The molecular weight excluding hydrogens is 608 g/mol. The van der Waals surface area contributed by atoms with Crippen LogP contribution in [0.4, 0.5) is 5.13 Å². The number of Topliss-reactive ketones (excluding diaryl/α,β-unsaturated/α-hetero) is 1. The number of ether oxygens (including phenoxy) is 1. The number of carbonyl (C=O) groups is 4. The molecule has 15 heteroatoms. The van der Waals surface area contributed by atoms with Gasteiger partial charge in [0.25, 0.3) is 16.1 Å². The number of rotatable bonds is 15. The number of nitrogens with one attached hydrogen (secondary N) is 5. The van der Waals surface area contributed by atoms with Crippen molar-refractivity contribution in [1.29, 1.82) is 0 Å². The minimum absolute atomic E-state index is 0.00189. The number of anilines is 1. The van der Waals surface area contributed by atoms with Crippen LogP contribution in [0.25, 0.3) is 10.2 Å². The number of para-hydroxylation sites is 1. The van der Waals surface area contributed by atoms with Crippen LogP contribution < -0.4 is 30.1 Å². The fourth-order valence-electron chi connectivity index (χ4n) is 4.80. The van der Waals surface area contributed by atoms with Crippen LogP contribution in [0.3, 0.4) is 0 Å². The van der Waals surface area contributed by atoms with E-state index in [1.807, 2.05) is 19.9 Å².